The molecule has 21 heavy (non-hydrogen) atoms. The smallest absolute Gasteiger partial charge is 0.191 e. The lowest BCUT2D eigenvalue weighted by molar-refractivity contribution is 0.0992. The molecule has 3 rings (SSSR count). The number of aliphatic imine (C=N–C) groups is 1. The molecule has 2 fully saturated rings. The first-order valence-electron chi connectivity index (χ1n) is 6.97. The van der Waals surface area contributed by atoms with Gasteiger partial charge in [0.1, 0.15) is 5.15 Å². The molecule has 3 unspecified atom stereocenters. The van der Waals surface area contributed by atoms with Gasteiger partial charge < -0.3 is 15.4 Å². The second-order valence-electron chi connectivity index (χ2n) is 5.28. The van der Waals surface area contributed by atoms with Crippen LogP contribution in [0.3, 0.4) is 0 Å². The van der Waals surface area contributed by atoms with Crippen LogP contribution in [0.2, 0.25) is 5.15 Å². The minimum absolute atomic E-state index is 0. The van der Waals surface area contributed by atoms with Gasteiger partial charge in [0.25, 0.3) is 0 Å². The maximum atomic E-state index is 5.84. The Hall–Kier alpha value is -0.600. The monoisotopic (exact) mass is 422 g/mol. The zero-order valence-corrected chi connectivity index (χ0v) is 15.0. The van der Waals surface area contributed by atoms with Gasteiger partial charge in [-0.2, -0.15) is 0 Å². The van der Waals surface area contributed by atoms with Crippen molar-refractivity contribution in [2.24, 2.45) is 4.99 Å². The maximum Gasteiger partial charge on any atom is 0.191 e. The molecule has 5 nitrogen and oxygen atoms in total. The van der Waals surface area contributed by atoms with Gasteiger partial charge in [0.2, 0.25) is 0 Å². The molecule has 0 saturated carbocycles. The highest BCUT2D eigenvalue weighted by Crippen LogP contribution is 2.34. The summed E-state index contributed by atoms with van der Waals surface area (Å²) in [7, 11) is 1.78. The number of hydrogen-bond donors (Lipinski definition) is 2. The predicted molar refractivity (Wildman–Crippen MR) is 94.3 cm³/mol. The molecule has 3 atom stereocenters. The first-order valence-corrected chi connectivity index (χ1v) is 7.35. The van der Waals surface area contributed by atoms with Gasteiger partial charge in [-0.05, 0) is 30.9 Å². The number of rotatable bonds is 3. The summed E-state index contributed by atoms with van der Waals surface area (Å²) in [6, 6.07) is 4.12. The van der Waals surface area contributed by atoms with Crippen molar-refractivity contribution in [3.63, 3.8) is 0 Å². The number of halogens is 2. The van der Waals surface area contributed by atoms with Gasteiger partial charge in [-0.25, -0.2) is 4.98 Å². The average molecular weight is 423 g/mol. The molecule has 1 aromatic rings. The van der Waals surface area contributed by atoms with Crippen molar-refractivity contribution in [1.29, 1.82) is 0 Å². The SMILES string of the molecule is CN=C(NCc1ccc(Cl)nc1)NC1CC2CCC1O2.I. The molecule has 0 spiro atoms. The number of nitrogens with zero attached hydrogens (tertiary/aromatic N) is 2. The summed E-state index contributed by atoms with van der Waals surface area (Å²) >= 11 is 5.77. The Kier molecular flexibility index (Phi) is 6.07. The summed E-state index contributed by atoms with van der Waals surface area (Å²) in [5.74, 6) is 0.807. The van der Waals surface area contributed by atoms with Crippen LogP contribution in [0.4, 0.5) is 0 Å². The highest BCUT2D eigenvalue weighted by Gasteiger charge is 2.41. The molecule has 2 N–H and O–H groups in total. The van der Waals surface area contributed by atoms with Crippen molar-refractivity contribution in [3.8, 4) is 0 Å². The normalized spacial score (nSPS) is 27.3. The average Bonchev–Trinajstić information content (AvgIpc) is 3.07. The lowest BCUT2D eigenvalue weighted by Crippen LogP contribution is -2.47. The summed E-state index contributed by atoms with van der Waals surface area (Å²) < 4.78 is 5.84. The van der Waals surface area contributed by atoms with Crippen LogP contribution in [0.1, 0.15) is 24.8 Å². The summed E-state index contributed by atoms with van der Waals surface area (Å²) in [5, 5.41) is 7.25. The predicted octanol–water partition coefficient (Wildman–Crippen LogP) is 2.34. The number of pyridine rings is 1. The third kappa shape index (κ3) is 4.20. The largest absolute Gasteiger partial charge is 0.373 e. The van der Waals surface area contributed by atoms with E-state index in [1.165, 1.54) is 6.42 Å². The molecule has 3 heterocycles. The molecule has 1 aromatic heterocycles. The van der Waals surface area contributed by atoms with Gasteiger partial charge in [0.05, 0.1) is 18.2 Å². The number of aromatic nitrogens is 1. The molecule has 2 aliphatic heterocycles. The van der Waals surface area contributed by atoms with Crippen molar-refractivity contribution in [1.82, 2.24) is 15.6 Å². The fourth-order valence-electron chi connectivity index (χ4n) is 2.86. The molecule has 2 bridgehead atoms. The van der Waals surface area contributed by atoms with E-state index >= 15 is 0 Å². The minimum atomic E-state index is 0. The Bertz CT molecular complexity index is 496. The molecular formula is C14H20ClIN4O. The molecule has 0 aromatic carbocycles. The van der Waals surface area contributed by atoms with Crippen molar-refractivity contribution in [3.05, 3.63) is 29.0 Å². The number of fused-ring (bicyclic) bond motifs is 2. The second-order valence-corrected chi connectivity index (χ2v) is 5.66. The number of guanidine groups is 1. The van der Waals surface area contributed by atoms with Gasteiger partial charge in [-0.15, -0.1) is 24.0 Å². The second kappa shape index (κ2) is 7.60. The Balaban J connectivity index is 0.00000161. The van der Waals surface area contributed by atoms with E-state index in [4.69, 9.17) is 16.3 Å². The van der Waals surface area contributed by atoms with E-state index in [0.29, 0.717) is 29.9 Å². The molecule has 2 aliphatic rings. The number of ether oxygens (including phenoxy) is 1. The summed E-state index contributed by atoms with van der Waals surface area (Å²) in [4.78, 5) is 8.32. The van der Waals surface area contributed by atoms with E-state index in [1.807, 2.05) is 6.07 Å². The van der Waals surface area contributed by atoms with Crippen LogP contribution < -0.4 is 10.6 Å². The van der Waals surface area contributed by atoms with Crippen LogP contribution in [-0.4, -0.2) is 36.2 Å². The highest BCUT2D eigenvalue weighted by atomic mass is 127. The first-order chi connectivity index (χ1) is 9.74. The fraction of sp³-hybridized carbons (Fsp3) is 0.571. The van der Waals surface area contributed by atoms with Gasteiger partial charge >= 0.3 is 0 Å². The third-order valence-electron chi connectivity index (χ3n) is 3.90. The quantitative estimate of drug-likeness (QED) is 0.340. The Morgan fingerprint density at radius 1 is 1.48 bits per heavy atom. The van der Waals surface area contributed by atoms with Crippen LogP contribution >= 0.6 is 35.6 Å². The Labute approximate surface area is 146 Å². The van der Waals surface area contributed by atoms with Crippen molar-refractivity contribution in [2.45, 2.75) is 44.1 Å². The number of hydrogen-bond acceptors (Lipinski definition) is 3. The highest BCUT2D eigenvalue weighted by molar-refractivity contribution is 14.0. The molecule has 0 aliphatic carbocycles. The summed E-state index contributed by atoms with van der Waals surface area (Å²) in [6.07, 6.45) is 5.98. The Morgan fingerprint density at radius 2 is 2.33 bits per heavy atom. The number of nitrogens with one attached hydrogen (secondary N) is 2. The molecule has 0 amide bonds. The Morgan fingerprint density at radius 3 is 2.90 bits per heavy atom. The first kappa shape index (κ1) is 16.8. The topological polar surface area (TPSA) is 58.5 Å². The van der Waals surface area contributed by atoms with Crippen LogP contribution in [0.5, 0.6) is 0 Å². The zero-order chi connectivity index (χ0) is 13.9. The molecule has 2 saturated heterocycles. The van der Waals surface area contributed by atoms with Crippen molar-refractivity contribution in [2.75, 3.05) is 7.05 Å². The van der Waals surface area contributed by atoms with Crippen LogP contribution in [0, 0.1) is 0 Å². The van der Waals surface area contributed by atoms with E-state index in [0.717, 1.165) is 24.4 Å². The van der Waals surface area contributed by atoms with E-state index in [2.05, 4.69) is 20.6 Å². The van der Waals surface area contributed by atoms with Crippen molar-refractivity contribution < 1.29 is 4.74 Å². The van der Waals surface area contributed by atoms with E-state index in [9.17, 15) is 0 Å². The zero-order valence-electron chi connectivity index (χ0n) is 11.9. The van der Waals surface area contributed by atoms with Crippen LogP contribution in [0.15, 0.2) is 23.3 Å². The van der Waals surface area contributed by atoms with Crippen LogP contribution in [0.25, 0.3) is 0 Å². The lowest BCUT2D eigenvalue weighted by atomic mass is 9.96. The summed E-state index contributed by atoms with van der Waals surface area (Å²) in [6.45, 7) is 0.672. The van der Waals surface area contributed by atoms with E-state index in [-0.39, 0.29) is 24.0 Å². The van der Waals surface area contributed by atoms with E-state index in [1.54, 1.807) is 19.3 Å². The van der Waals surface area contributed by atoms with Crippen molar-refractivity contribution >= 4 is 41.5 Å². The van der Waals surface area contributed by atoms with Gasteiger partial charge in [-0.3, -0.25) is 4.99 Å². The van der Waals surface area contributed by atoms with Crippen LogP contribution in [-0.2, 0) is 11.3 Å². The third-order valence-corrected chi connectivity index (χ3v) is 4.12. The van der Waals surface area contributed by atoms with Gasteiger partial charge in [0.15, 0.2) is 5.96 Å². The minimum Gasteiger partial charge on any atom is -0.373 e. The van der Waals surface area contributed by atoms with Gasteiger partial charge in [0, 0.05) is 19.8 Å². The standard InChI is InChI=1S/C14H19ClN4O.HI/c1-16-14(18-8-9-2-5-13(15)17-7-9)19-11-6-10-3-4-12(11)20-10;/h2,5,7,10-12H,3-4,6,8H2,1H3,(H2,16,18,19);1H. The lowest BCUT2D eigenvalue weighted by Gasteiger charge is -2.22. The molecular weight excluding hydrogens is 403 g/mol. The summed E-state index contributed by atoms with van der Waals surface area (Å²) in [5.41, 5.74) is 1.07. The maximum absolute atomic E-state index is 5.84. The molecule has 7 heteroatoms. The van der Waals surface area contributed by atoms with Gasteiger partial charge in [-0.1, -0.05) is 17.7 Å². The fourth-order valence-corrected chi connectivity index (χ4v) is 2.97. The molecule has 116 valence electrons. The van der Waals surface area contributed by atoms with E-state index < -0.39 is 0 Å². The molecule has 0 radical (unpaired) electrons.